The number of rotatable bonds is 3. The fourth-order valence-electron chi connectivity index (χ4n) is 2.52. The van der Waals surface area contributed by atoms with Gasteiger partial charge in [0.15, 0.2) is 12.6 Å². The van der Waals surface area contributed by atoms with Gasteiger partial charge in [0, 0.05) is 0 Å². The summed E-state index contributed by atoms with van der Waals surface area (Å²) < 4.78 is 15.4. The fraction of sp³-hybridized carbons (Fsp3) is 1.00. The van der Waals surface area contributed by atoms with Gasteiger partial charge in [-0.25, -0.2) is 0 Å². The van der Waals surface area contributed by atoms with Crippen molar-refractivity contribution in [2.24, 2.45) is 0 Å². The van der Waals surface area contributed by atoms with E-state index in [1.54, 1.807) is 0 Å². The first-order chi connectivity index (χ1) is 10.3. The number of hydrogen-bond acceptors (Lipinski definition) is 10. The SMILES string of the molecule is C[C@@H]1OC(O[C@H]2[C@H](O)[C@@H](O)[C@H](O)O[C@@H]2CO)[C@H](O)[C@H](O)[C@H]1O. The first-order valence-corrected chi connectivity index (χ1v) is 6.93. The molecule has 0 amide bonds. The lowest BCUT2D eigenvalue weighted by Crippen LogP contribution is -2.63. The highest BCUT2D eigenvalue weighted by Crippen LogP contribution is 2.28. The van der Waals surface area contributed by atoms with Crippen molar-refractivity contribution in [3.8, 4) is 0 Å². The molecule has 0 saturated carbocycles. The quantitative estimate of drug-likeness (QED) is 0.269. The third-order valence-corrected chi connectivity index (χ3v) is 3.94. The van der Waals surface area contributed by atoms with E-state index in [4.69, 9.17) is 14.2 Å². The van der Waals surface area contributed by atoms with Crippen LogP contribution in [0.1, 0.15) is 6.92 Å². The minimum atomic E-state index is -1.70. The molecule has 0 aromatic rings. The molecule has 0 aromatic carbocycles. The molecule has 7 N–H and O–H groups in total. The van der Waals surface area contributed by atoms with Crippen LogP contribution in [-0.4, -0.2) is 104 Å². The summed E-state index contributed by atoms with van der Waals surface area (Å²) in [6.45, 7) is 0.821. The topological polar surface area (TPSA) is 169 Å². The molecule has 10 nitrogen and oxygen atoms in total. The van der Waals surface area contributed by atoms with Crippen LogP contribution in [-0.2, 0) is 14.2 Å². The molecule has 2 aliphatic heterocycles. The standard InChI is InChI=1S/C12H22O10/c1-3-5(14)6(15)9(18)12(20-3)22-10-4(2-13)21-11(19)8(17)7(10)16/h3-19H,2H2,1H3/t3-,4+,5-,6+,7+,8+,9+,10+,11+,12?/m0/s1. The van der Waals surface area contributed by atoms with Gasteiger partial charge in [-0.15, -0.1) is 0 Å². The maximum atomic E-state index is 9.93. The number of aliphatic hydroxyl groups excluding tert-OH is 7. The number of ether oxygens (including phenoxy) is 3. The third-order valence-electron chi connectivity index (χ3n) is 3.94. The summed E-state index contributed by atoms with van der Waals surface area (Å²) in [5, 5.41) is 67.3. The molecule has 2 rings (SSSR count). The van der Waals surface area contributed by atoms with E-state index in [1.165, 1.54) is 6.92 Å². The summed E-state index contributed by atoms with van der Waals surface area (Å²) in [6.07, 6.45) is -14.2. The van der Waals surface area contributed by atoms with E-state index in [0.717, 1.165) is 0 Å². The third kappa shape index (κ3) is 3.26. The van der Waals surface area contributed by atoms with Crippen LogP contribution < -0.4 is 0 Å². The van der Waals surface area contributed by atoms with E-state index in [-0.39, 0.29) is 0 Å². The normalized spacial score (nSPS) is 53.5. The van der Waals surface area contributed by atoms with Gasteiger partial charge in [0.05, 0.1) is 12.7 Å². The first kappa shape index (κ1) is 17.9. The highest BCUT2D eigenvalue weighted by molar-refractivity contribution is 4.93. The molecule has 1 unspecified atom stereocenters. The Hall–Kier alpha value is -0.400. The lowest BCUT2D eigenvalue weighted by atomic mass is 9.97. The van der Waals surface area contributed by atoms with E-state index in [2.05, 4.69) is 0 Å². The van der Waals surface area contributed by atoms with Gasteiger partial charge >= 0.3 is 0 Å². The van der Waals surface area contributed by atoms with Gasteiger partial charge in [0.25, 0.3) is 0 Å². The Morgan fingerprint density at radius 3 is 2.05 bits per heavy atom. The smallest absolute Gasteiger partial charge is 0.187 e. The lowest BCUT2D eigenvalue weighted by molar-refractivity contribution is -0.352. The van der Waals surface area contributed by atoms with Crippen molar-refractivity contribution in [1.82, 2.24) is 0 Å². The van der Waals surface area contributed by atoms with Crippen molar-refractivity contribution in [2.75, 3.05) is 6.61 Å². The summed E-state index contributed by atoms with van der Waals surface area (Å²) >= 11 is 0. The molecule has 130 valence electrons. The van der Waals surface area contributed by atoms with E-state index >= 15 is 0 Å². The molecule has 2 aliphatic rings. The summed E-state index contributed by atoms with van der Waals surface area (Å²) in [5.74, 6) is 0. The van der Waals surface area contributed by atoms with Crippen LogP contribution in [0.25, 0.3) is 0 Å². The van der Waals surface area contributed by atoms with Gasteiger partial charge in [0.1, 0.15) is 42.7 Å². The maximum Gasteiger partial charge on any atom is 0.187 e. The van der Waals surface area contributed by atoms with Crippen LogP contribution in [0.15, 0.2) is 0 Å². The van der Waals surface area contributed by atoms with Gasteiger partial charge in [-0.2, -0.15) is 0 Å². The van der Waals surface area contributed by atoms with E-state index in [0.29, 0.717) is 0 Å². The summed E-state index contributed by atoms with van der Waals surface area (Å²) in [5.41, 5.74) is 0. The molecule has 0 spiro atoms. The zero-order chi connectivity index (χ0) is 16.6. The fourth-order valence-corrected chi connectivity index (χ4v) is 2.52. The largest absolute Gasteiger partial charge is 0.394 e. The minimum absolute atomic E-state index is 0.630. The molecule has 0 radical (unpaired) electrons. The van der Waals surface area contributed by atoms with Crippen LogP contribution in [0, 0.1) is 0 Å². The van der Waals surface area contributed by atoms with Crippen molar-refractivity contribution in [1.29, 1.82) is 0 Å². The zero-order valence-electron chi connectivity index (χ0n) is 11.8. The maximum absolute atomic E-state index is 9.93. The molecule has 10 atom stereocenters. The van der Waals surface area contributed by atoms with E-state index in [1.807, 2.05) is 0 Å². The van der Waals surface area contributed by atoms with Gasteiger partial charge in [-0.3, -0.25) is 0 Å². The molecule has 10 heteroatoms. The van der Waals surface area contributed by atoms with Crippen LogP contribution >= 0.6 is 0 Å². The monoisotopic (exact) mass is 326 g/mol. The average molecular weight is 326 g/mol. The lowest BCUT2D eigenvalue weighted by Gasteiger charge is -2.44. The van der Waals surface area contributed by atoms with Crippen LogP contribution in [0.3, 0.4) is 0 Å². The molecule has 0 bridgehead atoms. The molecular formula is C12H22O10. The predicted octanol–water partition coefficient (Wildman–Crippen LogP) is -4.37. The molecular weight excluding hydrogens is 304 g/mol. The Morgan fingerprint density at radius 1 is 0.818 bits per heavy atom. The highest BCUT2D eigenvalue weighted by atomic mass is 16.7. The Morgan fingerprint density at radius 2 is 1.45 bits per heavy atom. The molecule has 0 aliphatic carbocycles. The Labute approximate surface area is 126 Å². The second-order valence-electron chi connectivity index (χ2n) is 5.51. The van der Waals surface area contributed by atoms with Gasteiger partial charge in [-0.05, 0) is 6.92 Å². The number of aliphatic hydroxyl groups is 7. The zero-order valence-corrected chi connectivity index (χ0v) is 11.8. The predicted molar refractivity (Wildman–Crippen MR) is 67.2 cm³/mol. The minimum Gasteiger partial charge on any atom is -0.394 e. The molecule has 2 saturated heterocycles. The van der Waals surface area contributed by atoms with Gasteiger partial charge in [0.2, 0.25) is 0 Å². The highest BCUT2D eigenvalue weighted by Gasteiger charge is 2.49. The second-order valence-corrected chi connectivity index (χ2v) is 5.51. The Balaban J connectivity index is 2.10. The van der Waals surface area contributed by atoms with Crippen LogP contribution in [0.5, 0.6) is 0 Å². The van der Waals surface area contributed by atoms with Crippen LogP contribution in [0.4, 0.5) is 0 Å². The van der Waals surface area contributed by atoms with Crippen molar-refractivity contribution in [3.05, 3.63) is 0 Å². The molecule has 2 heterocycles. The Bertz CT molecular complexity index is 366. The average Bonchev–Trinajstić information content (AvgIpc) is 2.50. The first-order valence-electron chi connectivity index (χ1n) is 6.93. The molecule has 22 heavy (non-hydrogen) atoms. The van der Waals surface area contributed by atoms with Crippen molar-refractivity contribution in [2.45, 2.75) is 68.3 Å². The van der Waals surface area contributed by atoms with E-state index in [9.17, 15) is 35.7 Å². The second kappa shape index (κ2) is 7.01. The van der Waals surface area contributed by atoms with Crippen molar-refractivity contribution >= 4 is 0 Å². The van der Waals surface area contributed by atoms with E-state index < -0.39 is 68.0 Å². The molecule has 0 aromatic heterocycles. The Kier molecular flexibility index (Phi) is 5.72. The van der Waals surface area contributed by atoms with Crippen molar-refractivity contribution in [3.63, 3.8) is 0 Å². The van der Waals surface area contributed by atoms with Gasteiger partial charge < -0.3 is 50.0 Å². The summed E-state index contributed by atoms with van der Waals surface area (Å²) in [7, 11) is 0. The van der Waals surface area contributed by atoms with Crippen LogP contribution in [0.2, 0.25) is 0 Å². The number of hydrogen-bond donors (Lipinski definition) is 7. The summed E-state index contributed by atoms with van der Waals surface area (Å²) in [6, 6.07) is 0. The van der Waals surface area contributed by atoms with Crippen molar-refractivity contribution < 1.29 is 50.0 Å². The van der Waals surface area contributed by atoms with Gasteiger partial charge in [-0.1, -0.05) is 0 Å². The summed E-state index contributed by atoms with van der Waals surface area (Å²) in [4.78, 5) is 0. The molecule has 2 fully saturated rings.